The van der Waals surface area contributed by atoms with Crippen LogP contribution in [0.2, 0.25) is 0 Å². The predicted molar refractivity (Wildman–Crippen MR) is 91.8 cm³/mol. The highest BCUT2D eigenvalue weighted by Gasteiger charge is 2.30. The number of nitrogens with zero attached hydrogens (tertiary/aromatic N) is 1. The minimum Gasteiger partial charge on any atom is -0.352 e. The van der Waals surface area contributed by atoms with Crippen molar-refractivity contribution in [2.24, 2.45) is 11.3 Å². The van der Waals surface area contributed by atoms with Gasteiger partial charge in [0, 0.05) is 24.5 Å². The topological polar surface area (TPSA) is 32.3 Å². The summed E-state index contributed by atoms with van der Waals surface area (Å²) in [5.41, 5.74) is 1.08. The molecule has 1 aliphatic heterocycles. The summed E-state index contributed by atoms with van der Waals surface area (Å²) in [6, 6.07) is 11.0. The Morgan fingerprint density at radius 3 is 2.50 bits per heavy atom. The number of amides is 1. The Morgan fingerprint density at radius 2 is 1.91 bits per heavy atom. The van der Waals surface area contributed by atoms with Crippen LogP contribution in [0.25, 0.3) is 0 Å². The maximum atomic E-state index is 12.3. The molecule has 3 nitrogen and oxygen atoms in total. The van der Waals surface area contributed by atoms with E-state index in [1.165, 1.54) is 5.56 Å². The summed E-state index contributed by atoms with van der Waals surface area (Å²) in [7, 11) is 0. The molecule has 0 aromatic heterocycles. The summed E-state index contributed by atoms with van der Waals surface area (Å²) in [6.45, 7) is 11.3. The summed E-state index contributed by atoms with van der Waals surface area (Å²) < 4.78 is 0. The zero-order chi connectivity index (χ0) is 16.2. The molecule has 0 bridgehead atoms. The lowest BCUT2D eigenvalue weighted by atomic mass is 9.87. The Hall–Kier alpha value is -1.35. The van der Waals surface area contributed by atoms with Gasteiger partial charge in [-0.1, -0.05) is 58.0 Å². The van der Waals surface area contributed by atoms with Crippen molar-refractivity contribution in [2.45, 2.75) is 46.6 Å². The van der Waals surface area contributed by atoms with E-state index in [9.17, 15) is 4.79 Å². The number of rotatable bonds is 4. The molecule has 1 aromatic carbocycles. The third kappa shape index (κ3) is 4.84. The fourth-order valence-electron chi connectivity index (χ4n) is 3.16. The molecule has 1 aliphatic rings. The average Bonchev–Trinajstić information content (AvgIpc) is 2.47. The molecule has 1 amide bonds. The van der Waals surface area contributed by atoms with Crippen LogP contribution in [-0.2, 0) is 11.2 Å². The molecular weight excluding hydrogens is 272 g/mol. The largest absolute Gasteiger partial charge is 0.352 e. The lowest BCUT2D eigenvalue weighted by Crippen LogP contribution is -2.53. The molecule has 0 aliphatic carbocycles. The number of carbonyl (C=O) groups is 1. The molecule has 0 saturated carbocycles. The van der Waals surface area contributed by atoms with E-state index in [4.69, 9.17) is 0 Å². The molecule has 1 saturated heterocycles. The maximum Gasteiger partial charge on any atom is 0.225 e. The van der Waals surface area contributed by atoms with Crippen LogP contribution in [0.4, 0.5) is 0 Å². The van der Waals surface area contributed by atoms with E-state index >= 15 is 0 Å². The Bertz CT molecular complexity index is 478. The van der Waals surface area contributed by atoms with Crippen molar-refractivity contribution in [3.8, 4) is 0 Å². The zero-order valence-corrected chi connectivity index (χ0v) is 14.4. The van der Waals surface area contributed by atoms with Crippen LogP contribution in [0.3, 0.4) is 0 Å². The van der Waals surface area contributed by atoms with Gasteiger partial charge >= 0.3 is 0 Å². The summed E-state index contributed by atoms with van der Waals surface area (Å²) in [5, 5.41) is 3.26. The molecule has 0 radical (unpaired) electrons. The molecule has 2 atom stereocenters. The second kappa shape index (κ2) is 7.28. The number of likely N-dealkylation sites (N-methyl/N-ethyl adjacent to an activating group) is 1. The van der Waals surface area contributed by atoms with Gasteiger partial charge in [0.15, 0.2) is 0 Å². The van der Waals surface area contributed by atoms with Gasteiger partial charge in [-0.25, -0.2) is 0 Å². The van der Waals surface area contributed by atoms with Crippen molar-refractivity contribution in [2.75, 3.05) is 19.6 Å². The molecule has 1 heterocycles. The fourth-order valence-corrected chi connectivity index (χ4v) is 3.16. The first kappa shape index (κ1) is 17.0. The van der Waals surface area contributed by atoms with Gasteiger partial charge in [0.1, 0.15) is 0 Å². The number of nitrogens with one attached hydrogen (secondary N) is 1. The van der Waals surface area contributed by atoms with Crippen molar-refractivity contribution in [1.82, 2.24) is 10.2 Å². The van der Waals surface area contributed by atoms with Gasteiger partial charge in [0.25, 0.3) is 0 Å². The molecule has 122 valence electrons. The summed E-state index contributed by atoms with van der Waals surface area (Å²) in [4.78, 5) is 14.7. The van der Waals surface area contributed by atoms with Crippen LogP contribution in [0.1, 0.15) is 39.7 Å². The SMILES string of the molecule is CCN1CC(Cc2ccccc2)CC(NC(=O)C(C)(C)C)C1. The molecule has 2 rings (SSSR count). The second-order valence-electron chi connectivity index (χ2n) is 7.56. The number of hydrogen-bond donors (Lipinski definition) is 1. The highest BCUT2D eigenvalue weighted by atomic mass is 16.2. The van der Waals surface area contributed by atoms with Crippen molar-refractivity contribution in [1.29, 1.82) is 0 Å². The van der Waals surface area contributed by atoms with E-state index in [0.717, 1.165) is 32.5 Å². The molecular formula is C19H30N2O. The van der Waals surface area contributed by atoms with Gasteiger partial charge in [-0.05, 0) is 30.9 Å². The van der Waals surface area contributed by atoms with Crippen molar-refractivity contribution in [3.05, 3.63) is 35.9 Å². The molecule has 1 aromatic rings. The first-order valence-corrected chi connectivity index (χ1v) is 8.45. The summed E-state index contributed by atoms with van der Waals surface area (Å²) in [6.07, 6.45) is 2.17. The Morgan fingerprint density at radius 1 is 1.23 bits per heavy atom. The van der Waals surface area contributed by atoms with E-state index in [1.807, 2.05) is 20.8 Å². The summed E-state index contributed by atoms with van der Waals surface area (Å²) in [5.74, 6) is 0.773. The van der Waals surface area contributed by atoms with Gasteiger partial charge in [-0.3, -0.25) is 4.79 Å². The minimum absolute atomic E-state index is 0.161. The van der Waals surface area contributed by atoms with E-state index in [1.54, 1.807) is 0 Å². The van der Waals surface area contributed by atoms with E-state index < -0.39 is 0 Å². The highest BCUT2D eigenvalue weighted by Crippen LogP contribution is 2.22. The van der Waals surface area contributed by atoms with E-state index in [2.05, 4.69) is 47.5 Å². The Kier molecular flexibility index (Phi) is 5.63. The molecule has 3 heteroatoms. The Balaban J connectivity index is 1.99. The third-order valence-corrected chi connectivity index (χ3v) is 4.44. The smallest absolute Gasteiger partial charge is 0.225 e. The first-order valence-electron chi connectivity index (χ1n) is 8.45. The van der Waals surface area contributed by atoms with Crippen molar-refractivity contribution in [3.63, 3.8) is 0 Å². The predicted octanol–water partition coefficient (Wildman–Crippen LogP) is 3.10. The van der Waals surface area contributed by atoms with Gasteiger partial charge < -0.3 is 10.2 Å². The maximum absolute atomic E-state index is 12.3. The standard InChI is InChI=1S/C19H30N2O/c1-5-21-13-16(11-15-9-7-6-8-10-15)12-17(14-21)20-18(22)19(2,3)4/h6-10,16-17H,5,11-14H2,1-4H3,(H,20,22). The molecule has 1 N–H and O–H groups in total. The quantitative estimate of drug-likeness (QED) is 0.927. The number of carbonyl (C=O) groups excluding carboxylic acids is 1. The van der Waals surface area contributed by atoms with Gasteiger partial charge in [0.2, 0.25) is 5.91 Å². The van der Waals surface area contributed by atoms with Gasteiger partial charge in [-0.15, -0.1) is 0 Å². The Labute approximate surface area is 135 Å². The normalized spacial score (nSPS) is 23.3. The fraction of sp³-hybridized carbons (Fsp3) is 0.632. The summed E-state index contributed by atoms with van der Waals surface area (Å²) >= 11 is 0. The minimum atomic E-state index is -0.316. The van der Waals surface area contributed by atoms with Crippen molar-refractivity contribution >= 4 is 5.91 Å². The molecule has 2 unspecified atom stereocenters. The molecule has 22 heavy (non-hydrogen) atoms. The van der Waals surface area contributed by atoms with Crippen molar-refractivity contribution < 1.29 is 4.79 Å². The van der Waals surface area contributed by atoms with Crippen LogP contribution >= 0.6 is 0 Å². The number of benzene rings is 1. The second-order valence-corrected chi connectivity index (χ2v) is 7.56. The zero-order valence-electron chi connectivity index (χ0n) is 14.4. The molecule has 0 spiro atoms. The number of hydrogen-bond acceptors (Lipinski definition) is 2. The lowest BCUT2D eigenvalue weighted by Gasteiger charge is -2.38. The van der Waals surface area contributed by atoms with Gasteiger partial charge in [0.05, 0.1) is 0 Å². The highest BCUT2D eigenvalue weighted by molar-refractivity contribution is 5.81. The van der Waals surface area contributed by atoms with Crippen LogP contribution in [-0.4, -0.2) is 36.5 Å². The first-order chi connectivity index (χ1) is 10.4. The van der Waals surface area contributed by atoms with Crippen LogP contribution in [0.15, 0.2) is 30.3 Å². The van der Waals surface area contributed by atoms with Crippen LogP contribution in [0, 0.1) is 11.3 Å². The van der Waals surface area contributed by atoms with E-state index in [-0.39, 0.29) is 17.4 Å². The monoisotopic (exact) mass is 302 g/mol. The average molecular weight is 302 g/mol. The van der Waals surface area contributed by atoms with Gasteiger partial charge in [-0.2, -0.15) is 0 Å². The van der Waals surface area contributed by atoms with Crippen LogP contribution in [0.5, 0.6) is 0 Å². The molecule has 1 fully saturated rings. The number of piperidine rings is 1. The van der Waals surface area contributed by atoms with Crippen LogP contribution < -0.4 is 5.32 Å². The lowest BCUT2D eigenvalue weighted by molar-refractivity contribution is -0.129. The number of likely N-dealkylation sites (tertiary alicyclic amines) is 1. The van der Waals surface area contributed by atoms with E-state index in [0.29, 0.717) is 5.92 Å². The third-order valence-electron chi connectivity index (χ3n) is 4.44.